The van der Waals surface area contributed by atoms with Crippen molar-refractivity contribution in [2.45, 2.75) is 42.9 Å². The molecule has 0 bridgehead atoms. The van der Waals surface area contributed by atoms with Crippen molar-refractivity contribution in [3.05, 3.63) is 77.6 Å². The van der Waals surface area contributed by atoms with E-state index in [2.05, 4.69) is 10.3 Å². The minimum Gasteiger partial charge on any atom is -0.363 e. The molecule has 0 radical (unpaired) electrons. The van der Waals surface area contributed by atoms with Crippen molar-refractivity contribution in [3.63, 3.8) is 0 Å². The number of rotatable bonds is 6. The van der Waals surface area contributed by atoms with E-state index >= 15 is 0 Å². The van der Waals surface area contributed by atoms with E-state index in [0.717, 1.165) is 36.4 Å². The quantitative estimate of drug-likeness (QED) is 0.285. The monoisotopic (exact) mass is 601 g/mol. The summed E-state index contributed by atoms with van der Waals surface area (Å²) in [6.45, 7) is -0.371. The topological polar surface area (TPSA) is 79.4 Å². The minimum atomic E-state index is -4.76. The van der Waals surface area contributed by atoms with Gasteiger partial charge in [-0.05, 0) is 61.0 Å². The SMILES string of the molecule is C[C@@H]1CC(F)(F)C[N+]1(C(=O)NCc1cc(-c2ccc(C(F)(F)F)cc2)nc(N(C)C)c1)S(=O)(=O)c1ccc(F)cc1. The van der Waals surface area contributed by atoms with Gasteiger partial charge in [-0.1, -0.05) is 12.1 Å². The Labute approximate surface area is 233 Å². The first kappa shape index (κ1) is 30.3. The second-order valence-corrected chi connectivity index (χ2v) is 12.2. The molecule has 220 valence electrons. The van der Waals surface area contributed by atoms with Gasteiger partial charge in [0.25, 0.3) is 0 Å². The van der Waals surface area contributed by atoms with Crippen LogP contribution < -0.4 is 10.2 Å². The Morgan fingerprint density at radius 1 is 1.07 bits per heavy atom. The number of hydrogen-bond donors (Lipinski definition) is 1. The molecule has 2 amide bonds. The molecule has 0 spiro atoms. The Kier molecular flexibility index (Phi) is 7.86. The minimum absolute atomic E-state index is 0.276. The molecule has 0 saturated carbocycles. The molecule has 7 nitrogen and oxygen atoms in total. The summed E-state index contributed by atoms with van der Waals surface area (Å²) in [6, 6.07) is 8.40. The molecule has 1 aliphatic rings. The summed E-state index contributed by atoms with van der Waals surface area (Å²) in [4.78, 5) is 19.1. The van der Waals surface area contributed by atoms with Gasteiger partial charge in [0.05, 0.1) is 17.7 Å². The van der Waals surface area contributed by atoms with Gasteiger partial charge in [0.2, 0.25) is 0 Å². The molecule has 2 aromatic carbocycles. The van der Waals surface area contributed by atoms with Crippen molar-refractivity contribution >= 4 is 21.9 Å². The molecular formula is C27H27F6N4O3S+. The summed E-state index contributed by atoms with van der Waals surface area (Å²) >= 11 is 0. The molecule has 3 aromatic rings. The second kappa shape index (κ2) is 10.6. The van der Waals surface area contributed by atoms with Crippen molar-refractivity contribution in [1.29, 1.82) is 0 Å². The van der Waals surface area contributed by atoms with Gasteiger partial charge in [0.15, 0.2) is 6.54 Å². The van der Waals surface area contributed by atoms with Crippen LogP contribution in [0.2, 0.25) is 0 Å². The average molecular weight is 602 g/mol. The van der Waals surface area contributed by atoms with Gasteiger partial charge in [0, 0.05) is 26.2 Å². The fourth-order valence-corrected chi connectivity index (χ4v) is 6.88. The number of anilines is 1. The van der Waals surface area contributed by atoms with Crippen molar-refractivity contribution in [2.75, 3.05) is 25.5 Å². The number of sulfonamides is 1. The van der Waals surface area contributed by atoms with E-state index in [-0.39, 0.29) is 12.2 Å². The zero-order chi connectivity index (χ0) is 30.4. The summed E-state index contributed by atoms with van der Waals surface area (Å²) in [5.74, 6) is -3.82. The number of nitrogens with zero attached hydrogens (tertiary/aromatic N) is 3. The number of quaternary nitrogens is 1. The second-order valence-electron chi connectivity index (χ2n) is 10.1. The van der Waals surface area contributed by atoms with Crippen LogP contribution in [0.25, 0.3) is 11.3 Å². The molecule has 41 heavy (non-hydrogen) atoms. The largest absolute Gasteiger partial charge is 0.432 e. The van der Waals surface area contributed by atoms with E-state index in [1.807, 2.05) is 0 Å². The van der Waals surface area contributed by atoms with Gasteiger partial charge >= 0.3 is 28.2 Å². The number of nitrogens with one attached hydrogen (secondary N) is 1. The van der Waals surface area contributed by atoms with Crippen LogP contribution in [0.1, 0.15) is 24.5 Å². The maximum absolute atomic E-state index is 14.6. The smallest absolute Gasteiger partial charge is 0.363 e. The van der Waals surface area contributed by atoms with Crippen LogP contribution in [0.15, 0.2) is 65.6 Å². The molecule has 1 N–H and O–H groups in total. The number of amides is 2. The normalized spacial score (nSPS) is 20.6. The molecule has 1 fully saturated rings. The molecule has 2 atom stereocenters. The number of pyridine rings is 1. The van der Waals surface area contributed by atoms with Gasteiger partial charge in [-0.15, -0.1) is 3.89 Å². The third-order valence-electron chi connectivity index (χ3n) is 6.94. The van der Waals surface area contributed by atoms with Crippen LogP contribution in [0.4, 0.5) is 37.0 Å². The zero-order valence-corrected chi connectivity index (χ0v) is 23.0. The first-order valence-corrected chi connectivity index (χ1v) is 13.8. The summed E-state index contributed by atoms with van der Waals surface area (Å²) in [7, 11) is -1.42. The van der Waals surface area contributed by atoms with Crippen molar-refractivity contribution < 1.29 is 43.4 Å². The van der Waals surface area contributed by atoms with Crippen LogP contribution in [0.5, 0.6) is 0 Å². The van der Waals surface area contributed by atoms with E-state index in [1.165, 1.54) is 25.1 Å². The Balaban J connectivity index is 1.68. The molecule has 0 aliphatic carbocycles. The van der Waals surface area contributed by atoms with E-state index in [4.69, 9.17) is 0 Å². The summed E-state index contributed by atoms with van der Waals surface area (Å²) in [5, 5.41) is 2.46. The number of likely N-dealkylation sites (tertiary alicyclic amines) is 1. The van der Waals surface area contributed by atoms with Gasteiger partial charge in [-0.25, -0.2) is 22.9 Å². The van der Waals surface area contributed by atoms with Crippen molar-refractivity contribution in [2.24, 2.45) is 0 Å². The Hall–Kier alpha value is -3.65. The number of aromatic nitrogens is 1. The van der Waals surface area contributed by atoms with Crippen molar-refractivity contribution in [3.8, 4) is 11.3 Å². The van der Waals surface area contributed by atoms with Crippen LogP contribution >= 0.6 is 0 Å². The number of carbonyl (C=O) groups excluding carboxylic acids is 1. The number of carbonyl (C=O) groups is 1. The predicted octanol–water partition coefficient (Wildman–Crippen LogP) is 5.82. The first-order chi connectivity index (χ1) is 19.0. The van der Waals surface area contributed by atoms with E-state index in [1.54, 1.807) is 25.1 Å². The highest BCUT2D eigenvalue weighted by molar-refractivity contribution is 7.86. The first-order valence-electron chi connectivity index (χ1n) is 12.4. The fraction of sp³-hybridized carbons (Fsp3) is 0.333. The number of benzene rings is 2. The highest BCUT2D eigenvalue weighted by Crippen LogP contribution is 2.43. The maximum Gasteiger partial charge on any atom is 0.432 e. The molecule has 4 rings (SSSR count). The number of halogens is 6. The zero-order valence-electron chi connectivity index (χ0n) is 22.2. The molecular weight excluding hydrogens is 574 g/mol. The van der Waals surface area contributed by atoms with E-state index in [9.17, 15) is 39.6 Å². The number of alkyl halides is 5. The third-order valence-corrected chi connectivity index (χ3v) is 9.32. The van der Waals surface area contributed by atoms with Crippen LogP contribution in [-0.4, -0.2) is 55.9 Å². The maximum atomic E-state index is 14.6. The predicted molar refractivity (Wildman–Crippen MR) is 139 cm³/mol. The van der Waals surface area contributed by atoms with Gasteiger partial charge in [-0.3, -0.25) is 0 Å². The molecule has 1 aromatic heterocycles. The summed E-state index contributed by atoms with van der Waals surface area (Å²) < 4.78 is 107. The lowest BCUT2D eigenvalue weighted by atomic mass is 10.1. The Morgan fingerprint density at radius 2 is 1.68 bits per heavy atom. The van der Waals surface area contributed by atoms with Gasteiger partial charge in [0.1, 0.15) is 22.6 Å². The third kappa shape index (κ3) is 5.89. The fourth-order valence-electron chi connectivity index (χ4n) is 4.83. The molecule has 1 saturated heterocycles. The Bertz CT molecular complexity index is 1540. The number of hydrogen-bond acceptors (Lipinski definition) is 5. The molecule has 2 heterocycles. The van der Waals surface area contributed by atoms with E-state index < -0.39 is 67.3 Å². The molecule has 14 heteroatoms. The lowest BCUT2D eigenvalue weighted by Gasteiger charge is -2.33. The summed E-state index contributed by atoms with van der Waals surface area (Å²) in [5.41, 5.74) is 0.177. The van der Waals surface area contributed by atoms with Gasteiger partial charge in [-0.2, -0.15) is 21.6 Å². The highest BCUT2D eigenvalue weighted by atomic mass is 32.2. The van der Waals surface area contributed by atoms with E-state index in [0.29, 0.717) is 16.9 Å². The average Bonchev–Trinajstić information content (AvgIpc) is 3.16. The Morgan fingerprint density at radius 3 is 2.20 bits per heavy atom. The number of urea groups is 1. The summed E-state index contributed by atoms with van der Waals surface area (Å²) in [6.07, 6.45) is -5.39. The lowest BCUT2D eigenvalue weighted by molar-refractivity contribution is -0.738. The van der Waals surface area contributed by atoms with Crippen LogP contribution in [0, 0.1) is 5.82 Å². The van der Waals surface area contributed by atoms with Crippen LogP contribution in [-0.2, 0) is 22.7 Å². The van der Waals surface area contributed by atoms with Crippen LogP contribution in [0.3, 0.4) is 0 Å². The van der Waals surface area contributed by atoms with Crippen molar-refractivity contribution in [1.82, 2.24) is 10.3 Å². The molecule has 1 aliphatic heterocycles. The lowest BCUT2D eigenvalue weighted by Crippen LogP contribution is -2.62. The standard InChI is InChI=1S/C27H26F6N4O3S/c1-17-14-26(29,30)16-37(17,41(39,40)22-10-8-21(28)9-11-22)25(38)34-15-18-12-23(35-24(13-18)36(2)3)19-4-6-20(7-5-19)27(31,32)33/h4-13,17H,14-16H2,1-3H3/p+1/t17-,37?/m1/s1. The molecule has 1 unspecified atom stereocenters. The highest BCUT2D eigenvalue weighted by Gasteiger charge is 2.66. The van der Waals surface area contributed by atoms with Gasteiger partial charge < -0.3 is 10.2 Å².